The third kappa shape index (κ3) is 3.82. The van der Waals surface area contributed by atoms with Gasteiger partial charge in [-0.15, -0.1) is 0 Å². The number of para-hydroxylation sites is 1. The Morgan fingerprint density at radius 2 is 1.93 bits per heavy atom. The molecule has 2 aromatic carbocycles. The Bertz CT molecular complexity index is 1230. The molecule has 1 aliphatic rings. The summed E-state index contributed by atoms with van der Waals surface area (Å²) in [6.45, 7) is 0. The van der Waals surface area contributed by atoms with Gasteiger partial charge >= 0.3 is 0 Å². The third-order valence-corrected chi connectivity index (χ3v) is 3.72. The van der Waals surface area contributed by atoms with E-state index in [-0.39, 0.29) is 0 Å². The van der Waals surface area contributed by atoms with Crippen LogP contribution < -0.4 is 15.3 Å². The first-order valence-electron chi connectivity index (χ1n) is 8.11. The molecule has 0 spiro atoms. The molecule has 0 fully saturated rings. The Balaban J connectivity index is 1.98. The molecule has 0 aliphatic carbocycles. The van der Waals surface area contributed by atoms with Gasteiger partial charge < -0.3 is 4.74 Å². The maximum absolute atomic E-state index is 11.7. The minimum atomic E-state index is -0.475. The molecule has 4 rings (SSSR count). The summed E-state index contributed by atoms with van der Waals surface area (Å²) in [5, 5.41) is 2.18. The van der Waals surface area contributed by atoms with Gasteiger partial charge in [0.25, 0.3) is 5.91 Å². The number of aromatic nitrogens is 2. The molecule has 2 bridgehead atoms. The standard InChI is InChI=1S/C20H13N5O2/c26-19-12-21-11-14-4-1-2-5-17(14)25-20-16-10-15(27-9-3-8-22-19)6-7-18(16)23-13-24-20/h1-13H. The third-order valence-electron chi connectivity index (χ3n) is 3.72. The lowest BCUT2D eigenvalue weighted by molar-refractivity contribution is -0.111. The number of nitrogens with zero attached hydrogens (tertiary/aromatic N) is 5. The van der Waals surface area contributed by atoms with Gasteiger partial charge in [-0.1, -0.05) is 18.2 Å². The van der Waals surface area contributed by atoms with Crippen molar-refractivity contribution in [2.24, 2.45) is 15.0 Å². The fourth-order valence-corrected chi connectivity index (χ4v) is 2.48. The molecular weight excluding hydrogens is 342 g/mol. The van der Waals surface area contributed by atoms with Gasteiger partial charge in [-0.25, -0.2) is 20.0 Å². The molecule has 0 N–H and O–H groups in total. The van der Waals surface area contributed by atoms with Crippen LogP contribution in [-0.4, -0.2) is 28.3 Å². The highest BCUT2D eigenvalue weighted by Gasteiger charge is 2.04. The molecule has 0 unspecified atom stereocenters. The zero-order valence-corrected chi connectivity index (χ0v) is 14.1. The van der Waals surface area contributed by atoms with E-state index in [4.69, 9.17) is 4.74 Å². The molecule has 3 aromatic rings. The summed E-state index contributed by atoms with van der Waals surface area (Å²) in [5.74, 6) is 0.638. The van der Waals surface area contributed by atoms with Crippen molar-refractivity contribution in [2.75, 3.05) is 0 Å². The summed E-state index contributed by atoms with van der Waals surface area (Å²) in [6.07, 6.45) is 8.47. The average Bonchev–Trinajstić information content (AvgIpc) is 2.69. The normalized spacial score (nSPS) is 13.7. The highest BCUT2D eigenvalue weighted by molar-refractivity contribution is 6.28. The van der Waals surface area contributed by atoms with Gasteiger partial charge in [0, 0.05) is 23.0 Å². The van der Waals surface area contributed by atoms with Crippen LogP contribution in [0.3, 0.4) is 0 Å². The maximum atomic E-state index is 11.7. The van der Waals surface area contributed by atoms with E-state index < -0.39 is 5.91 Å². The number of carbonyl (C=O) groups is 1. The van der Waals surface area contributed by atoms with Crippen LogP contribution in [0, 0.1) is 0 Å². The van der Waals surface area contributed by atoms with Crippen LogP contribution in [0.1, 0.15) is 0 Å². The predicted molar refractivity (Wildman–Crippen MR) is 103 cm³/mol. The van der Waals surface area contributed by atoms with Gasteiger partial charge in [0.2, 0.25) is 0 Å². The summed E-state index contributed by atoms with van der Waals surface area (Å²) >= 11 is 0. The first kappa shape index (κ1) is 16.5. The van der Waals surface area contributed by atoms with E-state index in [2.05, 4.69) is 24.9 Å². The first-order chi connectivity index (χ1) is 13.3. The lowest BCUT2D eigenvalue weighted by Crippen LogP contribution is -2.23. The maximum Gasteiger partial charge on any atom is 0.288 e. The van der Waals surface area contributed by atoms with Crippen LogP contribution in [-0.2, 0) is 4.79 Å². The molecule has 0 radical (unpaired) electrons. The quantitative estimate of drug-likeness (QED) is 0.616. The molecule has 0 atom stereocenters. The van der Waals surface area contributed by atoms with Gasteiger partial charge in [0.05, 0.1) is 23.4 Å². The van der Waals surface area contributed by atoms with Crippen LogP contribution in [0.15, 0.2) is 76.1 Å². The number of ether oxygens (including phenoxy) is 1. The van der Waals surface area contributed by atoms with Crippen LogP contribution in [0.25, 0.3) is 17.1 Å². The van der Waals surface area contributed by atoms with E-state index in [0.29, 0.717) is 16.9 Å². The summed E-state index contributed by atoms with van der Waals surface area (Å²) in [4.78, 5) is 32.7. The van der Waals surface area contributed by atoms with E-state index in [9.17, 15) is 4.79 Å². The van der Waals surface area contributed by atoms with E-state index in [0.717, 1.165) is 22.3 Å². The van der Waals surface area contributed by atoms with Crippen LogP contribution in [0.4, 0.5) is 5.82 Å². The van der Waals surface area contributed by atoms with E-state index in [1.54, 1.807) is 12.3 Å². The van der Waals surface area contributed by atoms with Crippen molar-refractivity contribution in [1.29, 1.82) is 0 Å². The molecule has 7 nitrogen and oxygen atoms in total. The summed E-state index contributed by atoms with van der Waals surface area (Å²) in [7, 11) is 0. The summed E-state index contributed by atoms with van der Waals surface area (Å²) in [5.41, 5.74) is 0.757. The SMILES string of the molecule is O=C1C=NC=c2ccccc2=Nc2ncnc3ccc(cc23)OC=CC=N1. The van der Waals surface area contributed by atoms with E-state index in [1.165, 1.54) is 24.9 Å². The zero-order chi connectivity index (χ0) is 18.5. The highest BCUT2D eigenvalue weighted by Crippen LogP contribution is 2.25. The molecule has 1 aliphatic heterocycles. The summed E-state index contributed by atoms with van der Waals surface area (Å²) in [6, 6.07) is 12.9. The number of allylic oxidation sites excluding steroid dienone is 1. The Kier molecular flexibility index (Phi) is 4.57. The Morgan fingerprint density at radius 3 is 2.89 bits per heavy atom. The number of carbonyl (C=O) groups excluding carboxylic acids is 1. The van der Waals surface area contributed by atoms with Crippen molar-refractivity contribution in [1.82, 2.24) is 9.97 Å². The second-order valence-corrected chi connectivity index (χ2v) is 5.52. The largest absolute Gasteiger partial charge is 0.465 e. The van der Waals surface area contributed by atoms with Crippen LogP contribution in [0.2, 0.25) is 0 Å². The number of rotatable bonds is 0. The monoisotopic (exact) mass is 355 g/mol. The number of hydrogen-bond acceptors (Lipinski definition) is 6. The van der Waals surface area contributed by atoms with E-state index >= 15 is 0 Å². The van der Waals surface area contributed by atoms with Crippen molar-refractivity contribution >= 4 is 41.3 Å². The molecular formula is C20H13N5O2. The molecule has 0 saturated heterocycles. The molecule has 130 valence electrons. The Morgan fingerprint density at radius 1 is 1.00 bits per heavy atom. The minimum Gasteiger partial charge on any atom is -0.465 e. The van der Waals surface area contributed by atoms with Crippen molar-refractivity contribution in [3.8, 4) is 5.75 Å². The van der Waals surface area contributed by atoms with Crippen molar-refractivity contribution in [3.63, 3.8) is 0 Å². The Labute approximate surface area is 153 Å². The number of aliphatic imine (C=N–C) groups is 2. The molecule has 7 heteroatoms. The number of fused-ring (bicyclic) bond motifs is 2. The van der Waals surface area contributed by atoms with Crippen molar-refractivity contribution in [3.05, 3.63) is 71.7 Å². The lowest BCUT2D eigenvalue weighted by atomic mass is 10.2. The number of hydrogen-bond donors (Lipinski definition) is 0. The van der Waals surface area contributed by atoms with E-state index in [1.807, 2.05) is 36.4 Å². The molecule has 1 aromatic heterocycles. The Hall–Kier alpha value is -4.00. The van der Waals surface area contributed by atoms with Crippen LogP contribution >= 0.6 is 0 Å². The van der Waals surface area contributed by atoms with Gasteiger partial charge in [-0.3, -0.25) is 9.79 Å². The lowest BCUT2D eigenvalue weighted by Gasteiger charge is -2.04. The fraction of sp³-hybridized carbons (Fsp3) is 0. The smallest absolute Gasteiger partial charge is 0.288 e. The molecule has 0 saturated carbocycles. The second kappa shape index (κ2) is 7.49. The van der Waals surface area contributed by atoms with Gasteiger partial charge in [-0.2, -0.15) is 0 Å². The number of amides is 1. The second-order valence-electron chi connectivity index (χ2n) is 5.52. The number of benzene rings is 2. The average molecular weight is 355 g/mol. The van der Waals surface area contributed by atoms with Gasteiger partial charge in [-0.05, 0) is 30.3 Å². The van der Waals surface area contributed by atoms with Gasteiger partial charge in [0.1, 0.15) is 12.1 Å². The van der Waals surface area contributed by atoms with Crippen LogP contribution in [0.5, 0.6) is 5.75 Å². The highest BCUT2D eigenvalue weighted by atomic mass is 16.5. The summed E-state index contributed by atoms with van der Waals surface area (Å²) < 4.78 is 5.55. The molecule has 1 amide bonds. The molecule has 2 heterocycles. The minimum absolute atomic E-state index is 0.475. The first-order valence-corrected chi connectivity index (χ1v) is 8.11. The zero-order valence-electron chi connectivity index (χ0n) is 14.1. The fourth-order valence-electron chi connectivity index (χ4n) is 2.48. The predicted octanol–water partition coefficient (Wildman–Crippen LogP) is 1.89. The van der Waals surface area contributed by atoms with Gasteiger partial charge in [0.15, 0.2) is 5.82 Å². The topological polar surface area (TPSA) is 89.2 Å². The molecule has 27 heavy (non-hydrogen) atoms. The van der Waals surface area contributed by atoms with Crippen molar-refractivity contribution < 1.29 is 9.53 Å². The van der Waals surface area contributed by atoms with Crippen molar-refractivity contribution in [2.45, 2.75) is 0 Å².